The van der Waals surface area contributed by atoms with E-state index < -0.39 is 0 Å². The van der Waals surface area contributed by atoms with Gasteiger partial charge in [-0.25, -0.2) is 0 Å². The van der Waals surface area contributed by atoms with Crippen LogP contribution in [-0.2, 0) is 9.53 Å². The van der Waals surface area contributed by atoms with Crippen molar-refractivity contribution >= 4 is 5.91 Å². The summed E-state index contributed by atoms with van der Waals surface area (Å²) in [4.78, 5) is 16.5. The first-order valence-electron chi connectivity index (χ1n) is 7.15. The van der Waals surface area contributed by atoms with Crippen molar-refractivity contribution in [2.24, 2.45) is 0 Å². The lowest BCUT2D eigenvalue weighted by molar-refractivity contribution is -0.131. The summed E-state index contributed by atoms with van der Waals surface area (Å²) in [5.41, 5.74) is 0. The first-order valence-corrected chi connectivity index (χ1v) is 7.15. The highest BCUT2D eigenvalue weighted by Gasteiger charge is 2.16. The number of nitrogens with zero attached hydrogens (tertiary/aromatic N) is 2. The van der Waals surface area contributed by atoms with E-state index in [1.54, 1.807) is 0 Å². The second-order valence-electron chi connectivity index (χ2n) is 5.04. The number of morpholine rings is 1. The lowest BCUT2D eigenvalue weighted by Gasteiger charge is -2.27. The number of carbonyl (C=O) groups is 1. The number of hydrogen-bond acceptors (Lipinski definition) is 4. The van der Waals surface area contributed by atoms with Crippen LogP contribution in [0, 0.1) is 0 Å². The summed E-state index contributed by atoms with van der Waals surface area (Å²) in [5.74, 6) is 0.326. The summed E-state index contributed by atoms with van der Waals surface area (Å²) >= 11 is 0. The van der Waals surface area contributed by atoms with Gasteiger partial charge in [-0.05, 0) is 25.9 Å². The quantitative estimate of drug-likeness (QED) is 0.763. The number of nitrogens with one attached hydrogen (secondary N) is 1. The minimum Gasteiger partial charge on any atom is -0.379 e. The third-order valence-electron chi connectivity index (χ3n) is 3.66. The first kappa shape index (κ1) is 13.8. The number of hydrogen-bond donors (Lipinski definition) is 1. The van der Waals surface area contributed by atoms with Crippen LogP contribution < -0.4 is 5.32 Å². The Morgan fingerprint density at radius 2 is 1.94 bits per heavy atom. The molecule has 1 amide bonds. The van der Waals surface area contributed by atoms with E-state index in [9.17, 15) is 4.79 Å². The molecule has 0 aromatic carbocycles. The van der Waals surface area contributed by atoms with Crippen molar-refractivity contribution in [3.63, 3.8) is 0 Å². The molecule has 0 saturated carbocycles. The fraction of sp³-hybridized carbons (Fsp3) is 0.923. The third-order valence-corrected chi connectivity index (χ3v) is 3.66. The van der Waals surface area contributed by atoms with Crippen molar-refractivity contribution in [3.05, 3.63) is 0 Å². The maximum absolute atomic E-state index is 12.0. The average Bonchev–Trinajstić information content (AvgIpc) is 2.69. The van der Waals surface area contributed by atoms with E-state index in [0.29, 0.717) is 12.3 Å². The molecule has 0 aromatic heterocycles. The van der Waals surface area contributed by atoms with E-state index in [-0.39, 0.29) is 0 Å². The zero-order valence-electron chi connectivity index (χ0n) is 11.2. The summed E-state index contributed by atoms with van der Waals surface area (Å²) in [6, 6.07) is 0. The molecule has 2 aliphatic rings. The Kier molecular flexibility index (Phi) is 5.90. The molecule has 0 aliphatic carbocycles. The van der Waals surface area contributed by atoms with Crippen LogP contribution in [0.4, 0.5) is 0 Å². The minimum absolute atomic E-state index is 0.326. The Bertz CT molecular complexity index is 247. The fourth-order valence-corrected chi connectivity index (χ4v) is 2.53. The van der Waals surface area contributed by atoms with E-state index in [1.165, 1.54) is 0 Å². The summed E-state index contributed by atoms with van der Waals surface area (Å²) in [6.07, 6.45) is 2.75. The van der Waals surface area contributed by atoms with Crippen molar-refractivity contribution in [1.29, 1.82) is 0 Å². The van der Waals surface area contributed by atoms with Gasteiger partial charge in [0.15, 0.2) is 0 Å². The van der Waals surface area contributed by atoms with Crippen molar-refractivity contribution < 1.29 is 9.53 Å². The van der Waals surface area contributed by atoms with E-state index >= 15 is 0 Å². The molecule has 0 radical (unpaired) electrons. The summed E-state index contributed by atoms with van der Waals surface area (Å²) < 4.78 is 5.31. The monoisotopic (exact) mass is 255 g/mol. The molecule has 2 heterocycles. The second kappa shape index (κ2) is 7.71. The predicted octanol–water partition coefficient (Wildman–Crippen LogP) is -0.0793. The van der Waals surface area contributed by atoms with Gasteiger partial charge >= 0.3 is 0 Å². The molecule has 2 rings (SSSR count). The molecule has 5 nitrogen and oxygen atoms in total. The molecule has 0 spiro atoms. The van der Waals surface area contributed by atoms with Crippen LogP contribution in [0.3, 0.4) is 0 Å². The summed E-state index contributed by atoms with van der Waals surface area (Å²) in [5, 5.41) is 3.32. The van der Waals surface area contributed by atoms with E-state index in [1.807, 2.05) is 4.90 Å². The van der Waals surface area contributed by atoms with E-state index in [2.05, 4.69) is 10.2 Å². The SMILES string of the molecule is O=C(CCCN1CCOCC1)N1CCCNCC1. The van der Waals surface area contributed by atoms with Gasteiger partial charge in [-0.3, -0.25) is 9.69 Å². The van der Waals surface area contributed by atoms with Gasteiger partial charge in [0.05, 0.1) is 13.2 Å². The molecule has 1 N–H and O–H groups in total. The van der Waals surface area contributed by atoms with Crippen LogP contribution in [0.5, 0.6) is 0 Å². The number of ether oxygens (including phenoxy) is 1. The van der Waals surface area contributed by atoms with Crippen molar-refractivity contribution in [2.75, 3.05) is 59.0 Å². The van der Waals surface area contributed by atoms with Gasteiger partial charge < -0.3 is 15.0 Å². The number of rotatable bonds is 4. The molecule has 2 fully saturated rings. The molecule has 5 heteroatoms. The van der Waals surface area contributed by atoms with E-state index in [4.69, 9.17) is 4.74 Å². The molecule has 0 bridgehead atoms. The van der Waals surface area contributed by atoms with E-state index in [0.717, 1.165) is 71.9 Å². The van der Waals surface area contributed by atoms with Crippen LogP contribution in [0.1, 0.15) is 19.3 Å². The van der Waals surface area contributed by atoms with Gasteiger partial charge in [-0.1, -0.05) is 0 Å². The standard InChI is InChI=1S/C13H25N3O2/c17-13(16-7-2-4-14-5-8-16)3-1-6-15-9-11-18-12-10-15/h14H,1-12H2. The predicted molar refractivity (Wildman–Crippen MR) is 70.6 cm³/mol. The molecule has 0 aromatic rings. The molecular weight excluding hydrogens is 230 g/mol. The Morgan fingerprint density at radius 1 is 1.11 bits per heavy atom. The fourth-order valence-electron chi connectivity index (χ4n) is 2.53. The van der Waals surface area contributed by atoms with Gasteiger partial charge in [-0.2, -0.15) is 0 Å². The van der Waals surface area contributed by atoms with Crippen LogP contribution >= 0.6 is 0 Å². The molecule has 0 unspecified atom stereocenters. The smallest absolute Gasteiger partial charge is 0.222 e. The van der Waals surface area contributed by atoms with Crippen LogP contribution in [0.15, 0.2) is 0 Å². The highest BCUT2D eigenvalue weighted by atomic mass is 16.5. The van der Waals surface area contributed by atoms with Gasteiger partial charge in [0, 0.05) is 39.1 Å². The van der Waals surface area contributed by atoms with Crippen LogP contribution in [-0.4, -0.2) is 74.7 Å². The second-order valence-corrected chi connectivity index (χ2v) is 5.04. The largest absolute Gasteiger partial charge is 0.379 e. The third kappa shape index (κ3) is 4.55. The minimum atomic E-state index is 0.326. The molecule has 18 heavy (non-hydrogen) atoms. The molecule has 0 atom stereocenters. The highest BCUT2D eigenvalue weighted by molar-refractivity contribution is 5.76. The number of amides is 1. The average molecular weight is 255 g/mol. The summed E-state index contributed by atoms with van der Waals surface area (Å²) in [6.45, 7) is 8.51. The Balaban J connectivity index is 1.61. The summed E-state index contributed by atoms with van der Waals surface area (Å²) in [7, 11) is 0. The number of carbonyl (C=O) groups excluding carboxylic acids is 1. The molecular formula is C13H25N3O2. The molecule has 2 aliphatic heterocycles. The topological polar surface area (TPSA) is 44.8 Å². The lowest BCUT2D eigenvalue weighted by atomic mass is 10.2. The lowest BCUT2D eigenvalue weighted by Crippen LogP contribution is -2.38. The zero-order chi connectivity index (χ0) is 12.6. The maximum atomic E-state index is 12.0. The Hall–Kier alpha value is -0.650. The van der Waals surface area contributed by atoms with Gasteiger partial charge in [-0.15, -0.1) is 0 Å². The van der Waals surface area contributed by atoms with Crippen molar-refractivity contribution in [2.45, 2.75) is 19.3 Å². The van der Waals surface area contributed by atoms with Crippen molar-refractivity contribution in [1.82, 2.24) is 15.1 Å². The van der Waals surface area contributed by atoms with Crippen LogP contribution in [0.2, 0.25) is 0 Å². The molecule has 104 valence electrons. The van der Waals surface area contributed by atoms with Crippen LogP contribution in [0.25, 0.3) is 0 Å². The van der Waals surface area contributed by atoms with Gasteiger partial charge in [0.25, 0.3) is 0 Å². The highest BCUT2D eigenvalue weighted by Crippen LogP contribution is 2.04. The molecule has 2 saturated heterocycles. The van der Waals surface area contributed by atoms with Gasteiger partial charge in [0.1, 0.15) is 0 Å². The Labute approximate surface area is 109 Å². The van der Waals surface area contributed by atoms with Gasteiger partial charge in [0.2, 0.25) is 5.91 Å². The Morgan fingerprint density at radius 3 is 2.78 bits per heavy atom. The first-order chi connectivity index (χ1) is 8.86. The normalized spacial score (nSPS) is 22.8. The maximum Gasteiger partial charge on any atom is 0.222 e. The zero-order valence-corrected chi connectivity index (χ0v) is 11.2. The van der Waals surface area contributed by atoms with Crippen molar-refractivity contribution in [3.8, 4) is 0 Å².